The highest BCUT2D eigenvalue weighted by Gasteiger charge is 2.23. The molecule has 1 unspecified atom stereocenters. The summed E-state index contributed by atoms with van der Waals surface area (Å²) in [7, 11) is 2.20. The Bertz CT molecular complexity index is 779. The van der Waals surface area contributed by atoms with Gasteiger partial charge in [0.15, 0.2) is 5.11 Å². The molecule has 1 aliphatic heterocycles. The number of thiocarbonyl (C=S) groups is 1. The molecule has 142 valence electrons. The summed E-state index contributed by atoms with van der Waals surface area (Å²) in [5.41, 5.74) is 5.99. The van der Waals surface area contributed by atoms with Gasteiger partial charge in [-0.05, 0) is 73.1 Å². The Hall–Kier alpha value is -1.91. The fourth-order valence-corrected chi connectivity index (χ4v) is 4.65. The largest absolute Gasteiger partial charge is 0.363 e. The summed E-state index contributed by atoms with van der Waals surface area (Å²) < 4.78 is 0. The zero-order valence-electron chi connectivity index (χ0n) is 16.1. The molecular weight excluding hydrogens is 350 g/mol. The second-order valence-corrected chi connectivity index (χ2v) is 8.42. The zero-order chi connectivity index (χ0) is 18.6. The molecule has 0 bridgehead atoms. The smallest absolute Gasteiger partial charge is 0.166 e. The van der Waals surface area contributed by atoms with Crippen molar-refractivity contribution in [3.63, 3.8) is 0 Å². The van der Waals surface area contributed by atoms with Crippen LogP contribution in [0.1, 0.15) is 28.7 Å². The van der Waals surface area contributed by atoms with Gasteiger partial charge in [0.1, 0.15) is 0 Å². The monoisotopic (exact) mass is 379 g/mol. The van der Waals surface area contributed by atoms with Crippen LogP contribution in [0.2, 0.25) is 0 Å². The molecular formula is C23H29N3S. The lowest BCUT2D eigenvalue weighted by atomic mass is 9.94. The number of hydrogen-bond acceptors (Lipinski definition) is 2. The quantitative estimate of drug-likeness (QED) is 0.780. The SMILES string of the molecule is CN1Cc2ccccc2CC1CNC(=S)NCCC1Cc2ccccc2C1. The highest BCUT2D eigenvalue weighted by Crippen LogP contribution is 2.28. The van der Waals surface area contributed by atoms with Crippen LogP contribution in [0.15, 0.2) is 48.5 Å². The van der Waals surface area contributed by atoms with Crippen molar-refractivity contribution in [2.24, 2.45) is 5.92 Å². The molecule has 4 heteroatoms. The Balaban J connectivity index is 1.17. The molecule has 2 aromatic carbocycles. The third-order valence-electron chi connectivity index (χ3n) is 6.09. The van der Waals surface area contributed by atoms with Gasteiger partial charge in [-0.3, -0.25) is 4.90 Å². The third-order valence-corrected chi connectivity index (χ3v) is 6.38. The van der Waals surface area contributed by atoms with Gasteiger partial charge in [0.05, 0.1) is 0 Å². The third kappa shape index (κ3) is 4.50. The van der Waals surface area contributed by atoms with Gasteiger partial charge in [0, 0.05) is 25.7 Å². The van der Waals surface area contributed by atoms with E-state index < -0.39 is 0 Å². The maximum Gasteiger partial charge on any atom is 0.166 e. The first-order valence-corrected chi connectivity index (χ1v) is 10.5. The predicted molar refractivity (Wildman–Crippen MR) is 116 cm³/mol. The van der Waals surface area contributed by atoms with E-state index in [0.717, 1.165) is 37.1 Å². The molecule has 0 spiro atoms. The molecule has 3 nitrogen and oxygen atoms in total. The Kier molecular flexibility index (Phi) is 5.74. The van der Waals surface area contributed by atoms with Gasteiger partial charge in [-0.2, -0.15) is 0 Å². The Morgan fingerprint density at radius 3 is 2.19 bits per heavy atom. The molecule has 0 fully saturated rings. The topological polar surface area (TPSA) is 27.3 Å². The van der Waals surface area contributed by atoms with Crippen LogP contribution in [0.5, 0.6) is 0 Å². The first-order valence-electron chi connectivity index (χ1n) is 10.0. The normalized spacial score (nSPS) is 19.4. The van der Waals surface area contributed by atoms with E-state index in [1.54, 1.807) is 0 Å². The van der Waals surface area contributed by atoms with Crippen LogP contribution in [0.25, 0.3) is 0 Å². The molecule has 2 aromatic rings. The maximum atomic E-state index is 5.51. The van der Waals surface area contributed by atoms with E-state index >= 15 is 0 Å². The Morgan fingerprint density at radius 1 is 0.926 bits per heavy atom. The summed E-state index contributed by atoms with van der Waals surface area (Å²) >= 11 is 5.51. The van der Waals surface area contributed by atoms with E-state index in [1.165, 1.54) is 41.5 Å². The van der Waals surface area contributed by atoms with Crippen molar-refractivity contribution in [1.82, 2.24) is 15.5 Å². The van der Waals surface area contributed by atoms with Crippen molar-refractivity contribution in [2.45, 2.75) is 38.3 Å². The average Bonchev–Trinajstić information content (AvgIpc) is 3.09. The summed E-state index contributed by atoms with van der Waals surface area (Å²) in [6, 6.07) is 18.1. The average molecular weight is 380 g/mol. The molecule has 2 N–H and O–H groups in total. The van der Waals surface area contributed by atoms with Crippen molar-refractivity contribution in [3.8, 4) is 0 Å². The van der Waals surface area contributed by atoms with E-state index in [-0.39, 0.29) is 0 Å². The summed E-state index contributed by atoms with van der Waals surface area (Å²) in [5.74, 6) is 0.749. The van der Waals surface area contributed by atoms with Crippen LogP contribution in [-0.2, 0) is 25.8 Å². The van der Waals surface area contributed by atoms with Crippen molar-refractivity contribution < 1.29 is 0 Å². The van der Waals surface area contributed by atoms with Crippen molar-refractivity contribution in [1.29, 1.82) is 0 Å². The standard InChI is InChI=1S/C23H29N3S/c1-26-16-21-9-5-4-8-20(21)14-22(26)15-25-23(27)24-11-10-17-12-18-6-2-3-7-19(18)13-17/h2-9,17,22H,10-16H2,1H3,(H2,24,25,27). The summed E-state index contributed by atoms with van der Waals surface area (Å²) in [5, 5.41) is 7.64. The Labute approximate surface area is 168 Å². The van der Waals surface area contributed by atoms with Gasteiger partial charge in [-0.25, -0.2) is 0 Å². The van der Waals surface area contributed by atoms with Gasteiger partial charge >= 0.3 is 0 Å². The van der Waals surface area contributed by atoms with E-state index in [0.29, 0.717) is 6.04 Å². The highest BCUT2D eigenvalue weighted by molar-refractivity contribution is 7.80. The second kappa shape index (κ2) is 8.41. The van der Waals surface area contributed by atoms with E-state index in [1.807, 2.05) is 0 Å². The molecule has 0 radical (unpaired) electrons. The minimum Gasteiger partial charge on any atom is -0.363 e. The van der Waals surface area contributed by atoms with Gasteiger partial charge in [-0.15, -0.1) is 0 Å². The minimum absolute atomic E-state index is 0.490. The highest BCUT2D eigenvalue weighted by atomic mass is 32.1. The molecule has 0 amide bonds. The molecule has 1 atom stereocenters. The number of nitrogens with zero attached hydrogens (tertiary/aromatic N) is 1. The summed E-state index contributed by atoms with van der Waals surface area (Å²) in [4.78, 5) is 2.42. The first kappa shape index (κ1) is 18.5. The number of benzene rings is 2. The fraction of sp³-hybridized carbons (Fsp3) is 0.435. The van der Waals surface area contributed by atoms with Crippen LogP contribution in [0.4, 0.5) is 0 Å². The molecule has 1 heterocycles. The summed E-state index contributed by atoms with van der Waals surface area (Å²) in [6.07, 6.45) is 4.68. The molecule has 2 aliphatic rings. The number of likely N-dealkylation sites (N-methyl/N-ethyl adjacent to an activating group) is 1. The molecule has 0 aromatic heterocycles. The van der Waals surface area contributed by atoms with Crippen LogP contribution in [0, 0.1) is 5.92 Å². The molecule has 4 rings (SSSR count). The van der Waals surface area contributed by atoms with Gasteiger partial charge in [0.2, 0.25) is 0 Å². The molecule has 27 heavy (non-hydrogen) atoms. The van der Waals surface area contributed by atoms with Crippen LogP contribution < -0.4 is 10.6 Å². The maximum absolute atomic E-state index is 5.51. The summed E-state index contributed by atoms with van der Waals surface area (Å²) in [6.45, 7) is 2.87. The van der Waals surface area contributed by atoms with Crippen LogP contribution in [-0.4, -0.2) is 36.2 Å². The number of rotatable bonds is 5. The minimum atomic E-state index is 0.490. The van der Waals surface area contributed by atoms with Gasteiger partial charge in [0.25, 0.3) is 0 Å². The lowest BCUT2D eigenvalue weighted by Crippen LogP contribution is -2.47. The predicted octanol–water partition coefficient (Wildman–Crippen LogP) is 3.31. The van der Waals surface area contributed by atoms with Gasteiger partial charge in [-0.1, -0.05) is 48.5 Å². The van der Waals surface area contributed by atoms with Crippen molar-refractivity contribution in [3.05, 3.63) is 70.8 Å². The lowest BCUT2D eigenvalue weighted by molar-refractivity contribution is 0.216. The van der Waals surface area contributed by atoms with Crippen molar-refractivity contribution >= 4 is 17.3 Å². The first-order chi connectivity index (χ1) is 13.2. The Morgan fingerprint density at radius 2 is 1.52 bits per heavy atom. The van der Waals surface area contributed by atoms with E-state index in [9.17, 15) is 0 Å². The lowest BCUT2D eigenvalue weighted by Gasteiger charge is -2.34. The van der Waals surface area contributed by atoms with Gasteiger partial charge < -0.3 is 10.6 Å². The van der Waals surface area contributed by atoms with Crippen LogP contribution in [0.3, 0.4) is 0 Å². The van der Waals surface area contributed by atoms with E-state index in [2.05, 4.69) is 71.1 Å². The number of nitrogens with one attached hydrogen (secondary N) is 2. The molecule has 0 saturated carbocycles. The second-order valence-electron chi connectivity index (χ2n) is 8.01. The molecule has 1 aliphatic carbocycles. The van der Waals surface area contributed by atoms with Crippen molar-refractivity contribution in [2.75, 3.05) is 20.1 Å². The molecule has 0 saturated heterocycles. The fourth-order valence-electron chi connectivity index (χ4n) is 4.46. The van der Waals surface area contributed by atoms with Crippen LogP contribution >= 0.6 is 12.2 Å². The zero-order valence-corrected chi connectivity index (χ0v) is 16.9. The van der Waals surface area contributed by atoms with E-state index in [4.69, 9.17) is 12.2 Å². The number of fused-ring (bicyclic) bond motifs is 2. The number of hydrogen-bond donors (Lipinski definition) is 2.